The van der Waals surface area contributed by atoms with Crippen molar-refractivity contribution in [1.29, 1.82) is 0 Å². The quantitative estimate of drug-likeness (QED) is 0.877. The molecule has 104 valence electrons. The number of amides is 1. The first-order valence-electron chi connectivity index (χ1n) is 5.89. The molecule has 0 bridgehead atoms. The molecule has 0 unspecified atom stereocenters. The van der Waals surface area contributed by atoms with Gasteiger partial charge in [0.1, 0.15) is 11.6 Å². The lowest BCUT2D eigenvalue weighted by molar-refractivity contribution is -0.115. The Morgan fingerprint density at radius 1 is 1.35 bits per heavy atom. The molecule has 2 aromatic heterocycles. The first-order valence-corrected chi connectivity index (χ1v) is 5.89. The molecule has 0 aromatic carbocycles. The molecule has 0 aliphatic carbocycles. The van der Waals surface area contributed by atoms with E-state index in [9.17, 15) is 9.59 Å². The van der Waals surface area contributed by atoms with Crippen molar-refractivity contribution in [3.63, 3.8) is 0 Å². The normalized spacial score (nSPS) is 10.3. The van der Waals surface area contributed by atoms with Crippen LogP contribution in [0.3, 0.4) is 0 Å². The maximum absolute atomic E-state index is 11.9. The number of aromatic nitrogens is 2. The number of aromatic carboxylic acids is 1. The molecule has 0 saturated carbocycles. The number of rotatable bonds is 4. The number of carbonyl (C=O) groups excluding carboxylic acids is 1. The molecule has 2 rings (SSSR count). The first kappa shape index (κ1) is 13.7. The Kier molecular flexibility index (Phi) is 3.79. The molecule has 7 heteroatoms. The molecule has 0 saturated heterocycles. The van der Waals surface area contributed by atoms with E-state index in [1.54, 1.807) is 13.8 Å². The Balaban J connectivity index is 2.09. The second-order valence-corrected chi connectivity index (χ2v) is 4.24. The fourth-order valence-corrected chi connectivity index (χ4v) is 1.73. The van der Waals surface area contributed by atoms with E-state index < -0.39 is 5.97 Å². The number of hydrogen-bond donors (Lipinski definition) is 2. The van der Waals surface area contributed by atoms with Crippen LogP contribution in [0.4, 0.5) is 5.82 Å². The largest absolute Gasteiger partial charge is 0.477 e. The number of anilines is 1. The van der Waals surface area contributed by atoms with Gasteiger partial charge in [-0.15, -0.1) is 0 Å². The Bertz CT molecular complexity index is 644. The number of aryl methyl sites for hydroxylation is 2. The predicted octanol–water partition coefficient (Wildman–Crippen LogP) is 1.57. The molecular formula is C13H13N3O4. The summed E-state index contributed by atoms with van der Waals surface area (Å²) < 4.78 is 4.97. The summed E-state index contributed by atoms with van der Waals surface area (Å²) in [4.78, 5) is 26.5. The average molecular weight is 275 g/mol. The maximum Gasteiger partial charge on any atom is 0.354 e. The van der Waals surface area contributed by atoms with Gasteiger partial charge in [-0.2, -0.15) is 0 Å². The molecule has 7 nitrogen and oxygen atoms in total. The lowest BCUT2D eigenvalue weighted by Crippen LogP contribution is -2.16. The molecule has 20 heavy (non-hydrogen) atoms. The van der Waals surface area contributed by atoms with E-state index >= 15 is 0 Å². The summed E-state index contributed by atoms with van der Waals surface area (Å²) >= 11 is 0. The van der Waals surface area contributed by atoms with Crippen LogP contribution in [0.2, 0.25) is 0 Å². The van der Waals surface area contributed by atoms with Gasteiger partial charge >= 0.3 is 5.97 Å². The Morgan fingerprint density at radius 3 is 2.70 bits per heavy atom. The Hall–Kier alpha value is -2.70. The van der Waals surface area contributed by atoms with E-state index in [1.165, 1.54) is 18.2 Å². The molecule has 0 atom stereocenters. The topological polar surface area (TPSA) is 105 Å². The molecule has 2 heterocycles. The summed E-state index contributed by atoms with van der Waals surface area (Å²) in [5.74, 6) is -0.673. The first-order chi connectivity index (χ1) is 9.47. The minimum Gasteiger partial charge on any atom is -0.477 e. The van der Waals surface area contributed by atoms with Crippen molar-refractivity contribution >= 4 is 17.7 Å². The third-order valence-electron chi connectivity index (χ3n) is 2.75. The number of carboxylic acid groups (broad SMARTS) is 1. The lowest BCUT2D eigenvalue weighted by atomic mass is 10.1. The van der Waals surface area contributed by atoms with E-state index in [1.807, 2.05) is 0 Å². The van der Waals surface area contributed by atoms with Gasteiger partial charge in [0.25, 0.3) is 0 Å². The highest BCUT2D eigenvalue weighted by molar-refractivity contribution is 5.92. The summed E-state index contributed by atoms with van der Waals surface area (Å²) in [5.41, 5.74) is 1.25. The van der Waals surface area contributed by atoms with Gasteiger partial charge < -0.3 is 14.9 Å². The fourth-order valence-electron chi connectivity index (χ4n) is 1.73. The number of hydrogen-bond acceptors (Lipinski definition) is 5. The summed E-state index contributed by atoms with van der Waals surface area (Å²) in [6, 6.07) is 4.39. The van der Waals surface area contributed by atoms with Gasteiger partial charge in [-0.1, -0.05) is 11.2 Å². The van der Waals surface area contributed by atoms with Crippen molar-refractivity contribution < 1.29 is 19.2 Å². The minimum atomic E-state index is -1.15. The Labute approximate surface area is 114 Å². The number of nitrogens with zero attached hydrogens (tertiary/aromatic N) is 2. The van der Waals surface area contributed by atoms with E-state index in [-0.39, 0.29) is 23.8 Å². The molecule has 2 N–H and O–H groups in total. The zero-order valence-corrected chi connectivity index (χ0v) is 11.0. The van der Waals surface area contributed by atoms with Crippen LogP contribution >= 0.6 is 0 Å². The van der Waals surface area contributed by atoms with Crippen LogP contribution < -0.4 is 5.32 Å². The van der Waals surface area contributed by atoms with Crippen LogP contribution in [0.25, 0.3) is 0 Å². The van der Waals surface area contributed by atoms with Gasteiger partial charge in [-0.3, -0.25) is 4.79 Å². The van der Waals surface area contributed by atoms with Crippen molar-refractivity contribution in [2.45, 2.75) is 20.3 Å². The van der Waals surface area contributed by atoms with Crippen LogP contribution in [-0.4, -0.2) is 27.1 Å². The summed E-state index contributed by atoms with van der Waals surface area (Å²) in [5, 5.41) is 15.1. The van der Waals surface area contributed by atoms with E-state index in [0.29, 0.717) is 11.5 Å². The van der Waals surface area contributed by atoms with E-state index in [4.69, 9.17) is 9.63 Å². The van der Waals surface area contributed by atoms with Crippen LogP contribution in [0.1, 0.15) is 27.5 Å². The molecule has 2 aromatic rings. The number of nitrogens with one attached hydrogen (secondary N) is 1. The second-order valence-electron chi connectivity index (χ2n) is 4.24. The van der Waals surface area contributed by atoms with E-state index in [2.05, 4.69) is 15.5 Å². The van der Waals surface area contributed by atoms with Gasteiger partial charge in [0.05, 0.1) is 12.1 Å². The highest BCUT2D eigenvalue weighted by atomic mass is 16.5. The molecular weight excluding hydrogens is 262 g/mol. The second kappa shape index (κ2) is 5.52. The lowest BCUT2D eigenvalue weighted by Gasteiger charge is -2.04. The zero-order valence-electron chi connectivity index (χ0n) is 11.0. The number of pyridine rings is 1. The fraction of sp³-hybridized carbons (Fsp3) is 0.231. The summed E-state index contributed by atoms with van der Waals surface area (Å²) in [7, 11) is 0. The number of carbonyl (C=O) groups is 2. The third-order valence-corrected chi connectivity index (χ3v) is 2.75. The third kappa shape index (κ3) is 3.00. The molecule has 0 radical (unpaired) electrons. The van der Waals surface area contributed by atoms with Crippen molar-refractivity contribution in [1.82, 2.24) is 10.1 Å². The van der Waals surface area contributed by atoms with Crippen molar-refractivity contribution in [3.05, 3.63) is 40.9 Å². The highest BCUT2D eigenvalue weighted by Crippen LogP contribution is 2.14. The SMILES string of the molecule is Cc1noc(C)c1CC(=O)Nc1cccc(C(=O)O)n1. The Morgan fingerprint density at radius 2 is 2.10 bits per heavy atom. The van der Waals surface area contributed by atoms with Crippen molar-refractivity contribution in [2.24, 2.45) is 0 Å². The van der Waals surface area contributed by atoms with Gasteiger partial charge in [-0.25, -0.2) is 9.78 Å². The zero-order chi connectivity index (χ0) is 14.7. The van der Waals surface area contributed by atoms with E-state index in [0.717, 1.165) is 5.56 Å². The van der Waals surface area contributed by atoms with Crippen LogP contribution in [0, 0.1) is 13.8 Å². The van der Waals surface area contributed by atoms with Crippen LogP contribution in [-0.2, 0) is 11.2 Å². The standard InChI is InChI=1S/C13H13N3O4/c1-7-9(8(2)20-16-7)6-12(17)15-11-5-3-4-10(14-11)13(18)19/h3-5H,6H2,1-2H3,(H,18,19)(H,14,15,17). The molecule has 0 aliphatic heterocycles. The summed E-state index contributed by atoms with van der Waals surface area (Å²) in [6.07, 6.45) is 0.0974. The number of carboxylic acids is 1. The summed E-state index contributed by atoms with van der Waals surface area (Å²) in [6.45, 7) is 3.48. The van der Waals surface area contributed by atoms with Gasteiger partial charge in [0, 0.05) is 5.56 Å². The predicted molar refractivity (Wildman–Crippen MR) is 69.5 cm³/mol. The smallest absolute Gasteiger partial charge is 0.354 e. The minimum absolute atomic E-state index is 0.0974. The van der Waals surface area contributed by atoms with Crippen molar-refractivity contribution in [2.75, 3.05) is 5.32 Å². The molecule has 0 aliphatic rings. The molecule has 0 spiro atoms. The highest BCUT2D eigenvalue weighted by Gasteiger charge is 2.14. The van der Waals surface area contributed by atoms with Gasteiger partial charge in [0.15, 0.2) is 5.69 Å². The maximum atomic E-state index is 11.9. The molecule has 1 amide bonds. The molecule has 0 fully saturated rings. The monoisotopic (exact) mass is 275 g/mol. The van der Waals surface area contributed by atoms with Crippen LogP contribution in [0.5, 0.6) is 0 Å². The van der Waals surface area contributed by atoms with Crippen molar-refractivity contribution in [3.8, 4) is 0 Å². The average Bonchev–Trinajstić information content (AvgIpc) is 2.71. The van der Waals surface area contributed by atoms with Gasteiger partial charge in [-0.05, 0) is 26.0 Å². The van der Waals surface area contributed by atoms with Gasteiger partial charge in [0.2, 0.25) is 5.91 Å². The van der Waals surface area contributed by atoms with Crippen LogP contribution in [0.15, 0.2) is 22.7 Å².